The molecule has 3 aromatic rings. The third kappa shape index (κ3) is 5.61. The van der Waals surface area contributed by atoms with E-state index in [1.54, 1.807) is 30.1 Å². The van der Waals surface area contributed by atoms with Crippen molar-refractivity contribution in [1.29, 1.82) is 0 Å². The van der Waals surface area contributed by atoms with Crippen molar-refractivity contribution in [1.82, 2.24) is 4.90 Å². The number of anilines is 1. The summed E-state index contributed by atoms with van der Waals surface area (Å²) in [7, 11) is 1.73. The van der Waals surface area contributed by atoms with E-state index in [-0.39, 0.29) is 18.3 Å². The second-order valence-corrected chi connectivity index (χ2v) is 9.44. The Bertz CT molecular complexity index is 1290. The molecule has 36 heavy (non-hydrogen) atoms. The summed E-state index contributed by atoms with van der Waals surface area (Å²) >= 11 is 1.35. The molecular formula is C28H26FN3O3S. The predicted molar refractivity (Wildman–Crippen MR) is 142 cm³/mol. The van der Waals surface area contributed by atoms with E-state index in [2.05, 4.69) is 17.0 Å². The summed E-state index contributed by atoms with van der Waals surface area (Å²) in [6, 6.07) is 22.0. The monoisotopic (exact) mass is 503 g/mol. The zero-order valence-electron chi connectivity index (χ0n) is 19.9. The maximum Gasteiger partial charge on any atom is 0.266 e. The molecule has 3 aromatic carbocycles. The van der Waals surface area contributed by atoms with Crippen molar-refractivity contribution in [3.63, 3.8) is 0 Å². The molecule has 0 saturated carbocycles. The van der Waals surface area contributed by atoms with Gasteiger partial charge in [0.25, 0.3) is 5.91 Å². The van der Waals surface area contributed by atoms with Gasteiger partial charge in [-0.2, -0.15) is 0 Å². The number of hydrogen-bond acceptors (Lipinski definition) is 6. The SMILES string of the molecule is CN1C(=O)/C(=C/c2ccc(OCc3ccccc3F)cc2)SC1=Nc1ccc(N2CCOCC2)cc1. The number of benzene rings is 3. The first kappa shape index (κ1) is 24.1. The van der Waals surface area contributed by atoms with Crippen LogP contribution >= 0.6 is 11.8 Å². The minimum atomic E-state index is -0.287. The van der Waals surface area contributed by atoms with E-state index in [1.807, 2.05) is 42.5 Å². The third-order valence-corrected chi connectivity index (χ3v) is 7.04. The van der Waals surface area contributed by atoms with Crippen LogP contribution in [0.25, 0.3) is 6.08 Å². The van der Waals surface area contributed by atoms with Crippen LogP contribution in [-0.4, -0.2) is 49.3 Å². The maximum atomic E-state index is 13.8. The van der Waals surface area contributed by atoms with Crippen LogP contribution in [0.2, 0.25) is 0 Å². The summed E-state index contributed by atoms with van der Waals surface area (Å²) in [6.07, 6.45) is 1.84. The number of likely N-dealkylation sites (N-methyl/N-ethyl adjacent to an activating group) is 1. The van der Waals surface area contributed by atoms with Crippen LogP contribution in [0, 0.1) is 5.82 Å². The van der Waals surface area contributed by atoms with Gasteiger partial charge in [-0.15, -0.1) is 0 Å². The Morgan fingerprint density at radius 3 is 2.47 bits per heavy atom. The highest BCUT2D eigenvalue weighted by molar-refractivity contribution is 8.18. The minimum Gasteiger partial charge on any atom is -0.489 e. The molecule has 2 aliphatic heterocycles. The molecule has 184 valence electrons. The zero-order valence-corrected chi connectivity index (χ0v) is 20.7. The average molecular weight is 504 g/mol. The van der Waals surface area contributed by atoms with Gasteiger partial charge < -0.3 is 14.4 Å². The highest BCUT2D eigenvalue weighted by atomic mass is 32.2. The van der Waals surface area contributed by atoms with Gasteiger partial charge in [0, 0.05) is 31.4 Å². The molecule has 2 aliphatic rings. The van der Waals surface area contributed by atoms with Crippen LogP contribution in [0.3, 0.4) is 0 Å². The van der Waals surface area contributed by atoms with E-state index in [0.717, 1.165) is 43.2 Å². The van der Waals surface area contributed by atoms with Crippen LogP contribution in [-0.2, 0) is 16.1 Å². The fraction of sp³-hybridized carbons (Fsp3) is 0.214. The zero-order chi connectivity index (χ0) is 24.9. The van der Waals surface area contributed by atoms with E-state index in [1.165, 1.54) is 17.8 Å². The fourth-order valence-corrected chi connectivity index (χ4v) is 4.90. The molecule has 2 saturated heterocycles. The van der Waals surface area contributed by atoms with Gasteiger partial charge in [0.2, 0.25) is 0 Å². The van der Waals surface area contributed by atoms with Gasteiger partial charge in [-0.1, -0.05) is 30.3 Å². The molecule has 0 radical (unpaired) electrons. The Morgan fingerprint density at radius 2 is 1.75 bits per heavy atom. The van der Waals surface area contributed by atoms with Crippen LogP contribution in [0.5, 0.6) is 5.75 Å². The fourth-order valence-electron chi connectivity index (χ4n) is 3.91. The number of hydrogen-bond donors (Lipinski definition) is 0. The number of amidine groups is 1. The lowest BCUT2D eigenvalue weighted by molar-refractivity contribution is -0.121. The van der Waals surface area contributed by atoms with Crippen molar-refractivity contribution in [3.05, 3.63) is 94.6 Å². The van der Waals surface area contributed by atoms with Gasteiger partial charge in [-0.25, -0.2) is 9.38 Å². The summed E-state index contributed by atoms with van der Waals surface area (Å²) in [5, 5.41) is 0.634. The molecule has 0 unspecified atom stereocenters. The van der Waals surface area contributed by atoms with E-state index < -0.39 is 0 Å². The van der Waals surface area contributed by atoms with Gasteiger partial charge in [0.05, 0.1) is 23.8 Å². The quantitative estimate of drug-likeness (QED) is 0.417. The van der Waals surface area contributed by atoms with E-state index >= 15 is 0 Å². The molecule has 0 spiro atoms. The topological polar surface area (TPSA) is 54.4 Å². The van der Waals surface area contributed by atoms with Crippen molar-refractivity contribution in [2.45, 2.75) is 6.61 Å². The van der Waals surface area contributed by atoms with Gasteiger partial charge in [-0.05, 0) is 65.9 Å². The minimum absolute atomic E-state index is 0.0939. The van der Waals surface area contributed by atoms with Crippen molar-refractivity contribution >= 4 is 40.3 Å². The van der Waals surface area contributed by atoms with Crippen molar-refractivity contribution in [2.75, 3.05) is 38.3 Å². The number of morpholine rings is 1. The molecular weight excluding hydrogens is 477 g/mol. The van der Waals surface area contributed by atoms with E-state index in [4.69, 9.17) is 14.5 Å². The Hall–Kier alpha value is -3.62. The molecule has 1 amide bonds. The maximum absolute atomic E-state index is 13.8. The number of amides is 1. The second-order valence-electron chi connectivity index (χ2n) is 8.43. The standard InChI is InChI=1S/C28H26FN3O3S/c1-31-27(33)26(18-20-6-12-24(13-7-20)35-19-21-4-2-3-5-25(21)29)36-28(31)30-22-8-10-23(11-9-22)32-14-16-34-17-15-32/h2-13,18H,14-17,19H2,1H3/b26-18-,30-28?. The largest absolute Gasteiger partial charge is 0.489 e. The number of halogens is 1. The van der Waals surface area contributed by atoms with Crippen LogP contribution in [0.4, 0.5) is 15.8 Å². The second kappa shape index (κ2) is 11.0. The molecule has 5 rings (SSSR count). The number of carbonyl (C=O) groups is 1. The Kier molecular flexibility index (Phi) is 7.34. The summed E-state index contributed by atoms with van der Waals surface area (Å²) in [6.45, 7) is 3.40. The highest BCUT2D eigenvalue weighted by Gasteiger charge is 2.30. The molecule has 0 bridgehead atoms. The smallest absolute Gasteiger partial charge is 0.266 e. The van der Waals surface area contributed by atoms with Crippen LogP contribution in [0.1, 0.15) is 11.1 Å². The predicted octanol–water partition coefficient (Wildman–Crippen LogP) is 5.48. The lowest BCUT2D eigenvalue weighted by Crippen LogP contribution is -2.36. The molecule has 0 atom stereocenters. The number of nitrogens with zero attached hydrogens (tertiary/aromatic N) is 3. The molecule has 2 heterocycles. The first-order valence-corrected chi connectivity index (χ1v) is 12.5. The number of rotatable bonds is 6. The molecule has 8 heteroatoms. The van der Waals surface area contributed by atoms with Crippen LogP contribution < -0.4 is 9.64 Å². The van der Waals surface area contributed by atoms with Crippen molar-refractivity contribution in [2.24, 2.45) is 4.99 Å². The third-order valence-electron chi connectivity index (χ3n) is 5.98. The highest BCUT2D eigenvalue weighted by Crippen LogP contribution is 2.33. The normalized spacial score (nSPS) is 18.3. The summed E-state index contributed by atoms with van der Waals surface area (Å²) in [5.41, 5.74) is 3.32. The van der Waals surface area contributed by atoms with Gasteiger partial charge in [0.15, 0.2) is 5.17 Å². The summed E-state index contributed by atoms with van der Waals surface area (Å²) in [5.74, 6) is 0.250. The van der Waals surface area contributed by atoms with Gasteiger partial charge in [-0.3, -0.25) is 9.69 Å². The average Bonchev–Trinajstić information content (AvgIpc) is 3.17. The summed E-state index contributed by atoms with van der Waals surface area (Å²) in [4.78, 5) is 22.0. The number of aliphatic imine (C=N–C) groups is 1. The van der Waals surface area contributed by atoms with Gasteiger partial charge in [0.1, 0.15) is 18.2 Å². The van der Waals surface area contributed by atoms with E-state index in [9.17, 15) is 9.18 Å². The first-order valence-electron chi connectivity index (χ1n) is 11.7. The summed E-state index contributed by atoms with van der Waals surface area (Å²) < 4.78 is 24.9. The lowest BCUT2D eigenvalue weighted by Gasteiger charge is -2.28. The first-order chi connectivity index (χ1) is 17.6. The van der Waals surface area contributed by atoms with Crippen LogP contribution in [0.15, 0.2) is 82.7 Å². The van der Waals surface area contributed by atoms with E-state index in [0.29, 0.717) is 21.4 Å². The number of thioether (sulfide) groups is 1. The van der Waals surface area contributed by atoms with Gasteiger partial charge >= 0.3 is 0 Å². The van der Waals surface area contributed by atoms with Crippen molar-refractivity contribution in [3.8, 4) is 5.75 Å². The number of carbonyl (C=O) groups excluding carboxylic acids is 1. The van der Waals surface area contributed by atoms with Crippen molar-refractivity contribution < 1.29 is 18.7 Å². The number of ether oxygens (including phenoxy) is 2. The molecule has 0 aliphatic carbocycles. The molecule has 2 fully saturated rings. The Labute approximate surface area is 214 Å². The molecule has 0 N–H and O–H groups in total. The molecule has 0 aromatic heterocycles. The lowest BCUT2D eigenvalue weighted by atomic mass is 10.2. The molecule has 6 nitrogen and oxygen atoms in total. The Balaban J connectivity index is 1.24. The Morgan fingerprint density at radius 1 is 1.03 bits per heavy atom.